The molecule has 4 aromatic carbocycles. The van der Waals surface area contributed by atoms with Crippen LogP contribution in [0.3, 0.4) is 0 Å². The Labute approximate surface area is 436 Å². The number of hydrogen-bond donors (Lipinski definition) is 6. The van der Waals surface area contributed by atoms with E-state index in [2.05, 4.69) is 5.16 Å². The van der Waals surface area contributed by atoms with E-state index in [9.17, 15) is 24.0 Å². The number of ether oxygens (including phenoxy) is 3. The molecule has 4 rings (SSSR count). The first-order chi connectivity index (χ1) is 32.3. The summed E-state index contributed by atoms with van der Waals surface area (Å²) in [6, 6.07) is 28.2. The van der Waals surface area contributed by atoms with Crippen molar-refractivity contribution in [3.63, 3.8) is 0 Å². The molecule has 0 heterocycles. The van der Waals surface area contributed by atoms with Gasteiger partial charge in [-0.1, -0.05) is 102 Å². The van der Waals surface area contributed by atoms with E-state index in [-0.39, 0.29) is 82.6 Å². The smallest absolute Gasteiger partial charge is 0.460 e. The zero-order valence-electron chi connectivity index (χ0n) is 44.4. The Hall–Kier alpha value is -5.35. The first kappa shape index (κ1) is 69.9. The third kappa shape index (κ3) is 36.3. The van der Waals surface area contributed by atoms with Crippen molar-refractivity contribution >= 4 is 47.8 Å². The zero-order valence-corrected chi connectivity index (χ0v) is 47.3. The molecule has 392 valence electrons. The number of rotatable bonds is 11. The van der Waals surface area contributed by atoms with E-state index < -0.39 is 23.9 Å². The van der Waals surface area contributed by atoms with Gasteiger partial charge in [0.1, 0.15) is 16.8 Å². The van der Waals surface area contributed by atoms with Gasteiger partial charge in [-0.3, -0.25) is 24.0 Å². The number of aliphatic hydroxyl groups is 2. The fraction of sp³-hybridized carbons (Fsp3) is 0.444. The van der Waals surface area contributed by atoms with E-state index in [0.717, 1.165) is 27.8 Å². The topological polar surface area (TPSA) is 253 Å². The molecule has 0 bridgehead atoms. The van der Waals surface area contributed by atoms with Gasteiger partial charge in [0.15, 0.2) is 11.6 Å². The minimum Gasteiger partial charge on any atom is -0.460 e. The Balaban J connectivity index is -0.000000837. The summed E-state index contributed by atoms with van der Waals surface area (Å²) >= 11 is 0. The molecule has 1 unspecified atom stereocenters. The van der Waals surface area contributed by atoms with Crippen molar-refractivity contribution in [1.29, 1.82) is 0 Å². The molecular formula is C54H79BN2O13W. The first-order valence-electron chi connectivity index (χ1n) is 22.9. The summed E-state index contributed by atoms with van der Waals surface area (Å²) in [7, 11) is -1.47. The molecule has 0 aliphatic carbocycles. The molecule has 0 spiro atoms. The van der Waals surface area contributed by atoms with Gasteiger partial charge in [0.05, 0.1) is 25.0 Å². The number of oxime groups is 1. The summed E-state index contributed by atoms with van der Waals surface area (Å²) in [6.07, 6.45) is 0.777. The van der Waals surface area contributed by atoms with Crippen LogP contribution in [-0.2, 0) is 68.9 Å². The van der Waals surface area contributed by atoms with E-state index in [1.165, 1.54) is 26.0 Å². The number of carbonyl (C=O) groups is 5. The van der Waals surface area contributed by atoms with Crippen LogP contribution in [0.1, 0.15) is 158 Å². The number of benzene rings is 4. The van der Waals surface area contributed by atoms with Crippen molar-refractivity contribution in [2.45, 2.75) is 146 Å². The maximum atomic E-state index is 11.6. The predicted octanol–water partition coefficient (Wildman–Crippen LogP) is 7.70. The number of nitrogens with zero attached hydrogens (tertiary/aromatic N) is 1. The predicted molar refractivity (Wildman–Crippen MR) is 276 cm³/mol. The van der Waals surface area contributed by atoms with E-state index in [1.54, 1.807) is 57.2 Å². The largest absolute Gasteiger partial charge is 0.488 e. The number of aliphatic hydroxyl groups excluding tert-OH is 2. The number of hydrogen-bond acceptors (Lipinski definition) is 15. The average molecular weight is 1160 g/mol. The standard InChI is InChI=1S/C14H19NO3.C14H21NO2.C14H18O3.C8H9BO3.2C2H6O.W/c1-10(15-17)12-7-5-11(6-8-12)9-13(16)18-14(2,3)4;2*1-10(15)12-7-5-11(6-8-12)9-13(16)17-14(2,3)4;1-6(10)7-2-4-8(5-3-7)9(11)12;2*1-2-3;/h5-8,17H,9H2,1-4H3;5-8,10H,9,15H2,1-4H3;5-8H,9H2,1-4H3;2-5,11-12H,1H3;2*3H,2H2,1H3;. The zero-order chi connectivity index (χ0) is 54.4. The minimum atomic E-state index is -1.47. The first-order valence-corrected chi connectivity index (χ1v) is 22.9. The Kier molecular flexibility index (Phi) is 35.2. The minimum absolute atomic E-state index is 0. The Morgan fingerprint density at radius 3 is 1.01 bits per heavy atom. The Morgan fingerprint density at radius 2 is 0.789 bits per heavy atom. The summed E-state index contributed by atoms with van der Waals surface area (Å²) < 4.78 is 15.7. The third-order valence-corrected chi connectivity index (χ3v) is 8.31. The second-order valence-corrected chi connectivity index (χ2v) is 18.6. The number of esters is 3. The van der Waals surface area contributed by atoms with Crippen LogP contribution in [0.2, 0.25) is 0 Å². The van der Waals surface area contributed by atoms with Crippen LogP contribution in [0.15, 0.2) is 102 Å². The van der Waals surface area contributed by atoms with E-state index in [1.807, 2.05) is 118 Å². The molecular weight excluding hydrogens is 1080 g/mol. The van der Waals surface area contributed by atoms with Gasteiger partial charge < -0.3 is 45.4 Å². The summed E-state index contributed by atoms with van der Waals surface area (Å²) in [5.74, 6) is -0.718. The molecule has 71 heavy (non-hydrogen) atoms. The molecule has 0 aliphatic heterocycles. The van der Waals surface area contributed by atoms with Crippen molar-refractivity contribution in [3.8, 4) is 0 Å². The van der Waals surface area contributed by atoms with Crippen LogP contribution in [0.5, 0.6) is 0 Å². The van der Waals surface area contributed by atoms with Gasteiger partial charge in [0.2, 0.25) is 0 Å². The summed E-state index contributed by atoms with van der Waals surface area (Å²) in [5.41, 5.74) is 11.1. The molecule has 0 fully saturated rings. The Bertz CT molecular complexity index is 2170. The van der Waals surface area contributed by atoms with Crippen LogP contribution >= 0.6 is 0 Å². The molecule has 7 N–H and O–H groups in total. The SMILES string of the molecule is CC(=NO)c1ccc(CC(=O)OC(C)(C)C)cc1.CC(=O)c1ccc(B(O)O)cc1.CC(=O)c1ccc(CC(=O)OC(C)(C)C)cc1.CC(N)c1ccc(CC(=O)OC(C)(C)C)cc1.CCO.CCO.[W]. The number of nitrogens with two attached hydrogens (primary N) is 1. The van der Waals surface area contributed by atoms with Gasteiger partial charge in [-0.2, -0.15) is 0 Å². The van der Waals surface area contributed by atoms with Gasteiger partial charge in [-0.05, 0) is 137 Å². The maximum absolute atomic E-state index is 11.6. The number of ketones is 2. The third-order valence-electron chi connectivity index (χ3n) is 8.31. The van der Waals surface area contributed by atoms with E-state index in [4.69, 9.17) is 45.4 Å². The van der Waals surface area contributed by atoms with Crippen molar-refractivity contribution in [2.75, 3.05) is 13.2 Å². The maximum Gasteiger partial charge on any atom is 0.488 e. The fourth-order valence-corrected chi connectivity index (χ4v) is 5.24. The number of Topliss-reactive ketones (excluding diaryl/α,β-unsaturated/α-hetero) is 2. The quantitative estimate of drug-likeness (QED) is 0.0160. The summed E-state index contributed by atoms with van der Waals surface area (Å²) in [4.78, 5) is 56.7. The van der Waals surface area contributed by atoms with Crippen molar-refractivity contribution in [2.24, 2.45) is 10.9 Å². The summed E-state index contributed by atoms with van der Waals surface area (Å²) in [6.45, 7) is 27.1. The number of carbonyl (C=O) groups excluding carboxylic acids is 5. The monoisotopic (exact) mass is 1160 g/mol. The molecule has 0 aliphatic rings. The van der Waals surface area contributed by atoms with Crippen molar-refractivity contribution < 1.29 is 84.7 Å². The van der Waals surface area contributed by atoms with Gasteiger partial charge in [-0.25, -0.2) is 0 Å². The normalized spacial score (nSPS) is 11.1. The molecule has 0 saturated carbocycles. The van der Waals surface area contributed by atoms with Crippen molar-refractivity contribution in [1.82, 2.24) is 0 Å². The van der Waals surface area contributed by atoms with Gasteiger partial charge in [0.25, 0.3) is 0 Å². The molecule has 0 radical (unpaired) electrons. The molecule has 1 atom stereocenters. The van der Waals surface area contributed by atoms with Crippen LogP contribution in [0.25, 0.3) is 0 Å². The molecule has 4 aromatic rings. The van der Waals surface area contributed by atoms with E-state index >= 15 is 0 Å². The van der Waals surface area contributed by atoms with Crippen molar-refractivity contribution in [3.05, 3.63) is 136 Å². The van der Waals surface area contributed by atoms with Crippen LogP contribution in [-0.4, -0.2) is 97.8 Å². The average Bonchev–Trinajstić information content (AvgIpc) is 3.23. The second kappa shape index (κ2) is 35.7. The second-order valence-electron chi connectivity index (χ2n) is 18.6. The van der Waals surface area contributed by atoms with Gasteiger partial charge in [-0.15, -0.1) is 0 Å². The van der Waals surface area contributed by atoms with Crippen LogP contribution in [0, 0.1) is 0 Å². The van der Waals surface area contributed by atoms with Crippen LogP contribution in [0.4, 0.5) is 0 Å². The Morgan fingerprint density at radius 1 is 0.535 bits per heavy atom. The summed E-state index contributed by atoms with van der Waals surface area (Å²) in [5, 5.41) is 44.4. The van der Waals surface area contributed by atoms with Gasteiger partial charge >= 0.3 is 25.0 Å². The van der Waals surface area contributed by atoms with Crippen LogP contribution < -0.4 is 11.2 Å². The molecule has 0 saturated heterocycles. The van der Waals surface area contributed by atoms with Gasteiger partial charge in [0, 0.05) is 51.4 Å². The molecule has 0 amide bonds. The molecule has 0 aromatic heterocycles. The fourth-order valence-electron chi connectivity index (χ4n) is 5.24. The molecule has 17 heteroatoms. The van der Waals surface area contributed by atoms with E-state index in [0.29, 0.717) is 28.7 Å². The molecule has 15 nitrogen and oxygen atoms in total.